The summed E-state index contributed by atoms with van der Waals surface area (Å²) in [5.41, 5.74) is 4.34. The molecule has 24 heavy (non-hydrogen) atoms. The summed E-state index contributed by atoms with van der Waals surface area (Å²) in [7, 11) is 0. The molecule has 0 saturated carbocycles. The van der Waals surface area contributed by atoms with Gasteiger partial charge in [0.2, 0.25) is 5.91 Å². The maximum absolute atomic E-state index is 12.6. The quantitative estimate of drug-likeness (QED) is 0.773. The molecule has 0 bridgehead atoms. The van der Waals surface area contributed by atoms with Crippen LogP contribution in [0.1, 0.15) is 18.4 Å². The van der Waals surface area contributed by atoms with Gasteiger partial charge in [0.15, 0.2) is 0 Å². The molecule has 1 aromatic rings. The van der Waals surface area contributed by atoms with Gasteiger partial charge in [0.1, 0.15) is 12.4 Å². The zero-order chi connectivity index (χ0) is 17.6. The fourth-order valence-corrected chi connectivity index (χ4v) is 2.57. The van der Waals surface area contributed by atoms with Crippen molar-refractivity contribution in [3.8, 4) is 5.75 Å². The summed E-state index contributed by atoms with van der Waals surface area (Å²) in [5.74, 6) is -0.0559. The monoisotopic (exact) mass is 346 g/mol. The Kier molecular flexibility index (Phi) is 6.06. The standard InChI is InChI=1S/C16H21F3N2O3/c17-16(18,19)12-2-1-3-13(10-12)24-9-6-21-14(22)15(11-20)4-7-23-8-5-15/h1-3,10H,4-9,11,20H2,(H,21,22). The summed E-state index contributed by atoms with van der Waals surface area (Å²) in [4.78, 5) is 12.3. The minimum absolute atomic E-state index is 0.0736. The Morgan fingerprint density at radius 2 is 2.04 bits per heavy atom. The number of ether oxygens (including phenoxy) is 2. The fraction of sp³-hybridized carbons (Fsp3) is 0.562. The Balaban J connectivity index is 1.81. The normalized spacial score (nSPS) is 17.3. The zero-order valence-electron chi connectivity index (χ0n) is 13.2. The van der Waals surface area contributed by atoms with E-state index in [0.29, 0.717) is 26.1 Å². The van der Waals surface area contributed by atoms with E-state index in [4.69, 9.17) is 15.2 Å². The number of benzene rings is 1. The molecule has 3 N–H and O–H groups in total. The van der Waals surface area contributed by atoms with Gasteiger partial charge in [0, 0.05) is 19.8 Å². The highest BCUT2D eigenvalue weighted by Crippen LogP contribution is 2.31. The lowest BCUT2D eigenvalue weighted by Crippen LogP contribution is -2.49. The Labute approximate surface area is 138 Å². The van der Waals surface area contributed by atoms with E-state index in [1.165, 1.54) is 12.1 Å². The van der Waals surface area contributed by atoms with Gasteiger partial charge in [0.05, 0.1) is 17.5 Å². The molecule has 0 aliphatic carbocycles. The van der Waals surface area contributed by atoms with Crippen molar-refractivity contribution in [2.75, 3.05) is 32.9 Å². The van der Waals surface area contributed by atoms with E-state index in [2.05, 4.69) is 5.32 Å². The van der Waals surface area contributed by atoms with Gasteiger partial charge in [-0.1, -0.05) is 6.07 Å². The molecular formula is C16H21F3N2O3. The number of hydrogen-bond donors (Lipinski definition) is 2. The van der Waals surface area contributed by atoms with Gasteiger partial charge >= 0.3 is 6.18 Å². The van der Waals surface area contributed by atoms with Crippen LogP contribution in [-0.2, 0) is 15.7 Å². The number of carbonyl (C=O) groups excluding carboxylic acids is 1. The van der Waals surface area contributed by atoms with Crippen molar-refractivity contribution in [1.82, 2.24) is 5.32 Å². The first-order chi connectivity index (χ1) is 11.4. The van der Waals surface area contributed by atoms with Crippen molar-refractivity contribution < 1.29 is 27.4 Å². The number of amides is 1. The number of alkyl halides is 3. The molecule has 1 amide bonds. The molecule has 0 aromatic heterocycles. The second-order valence-electron chi connectivity index (χ2n) is 5.73. The van der Waals surface area contributed by atoms with Crippen LogP contribution in [0.4, 0.5) is 13.2 Å². The van der Waals surface area contributed by atoms with Crippen molar-refractivity contribution >= 4 is 5.91 Å². The first kappa shape index (κ1) is 18.5. The number of rotatable bonds is 6. The third-order valence-electron chi connectivity index (χ3n) is 4.14. The van der Waals surface area contributed by atoms with Crippen LogP contribution in [-0.4, -0.2) is 38.8 Å². The number of hydrogen-bond acceptors (Lipinski definition) is 4. The number of carbonyl (C=O) groups is 1. The van der Waals surface area contributed by atoms with E-state index in [1.807, 2.05) is 0 Å². The van der Waals surface area contributed by atoms with E-state index in [9.17, 15) is 18.0 Å². The number of nitrogens with two attached hydrogens (primary N) is 1. The summed E-state index contributed by atoms with van der Waals surface area (Å²) in [6.45, 7) is 1.48. The number of halogens is 3. The molecule has 1 saturated heterocycles. The average Bonchev–Trinajstić information content (AvgIpc) is 2.58. The van der Waals surface area contributed by atoms with Crippen LogP contribution in [0.3, 0.4) is 0 Å². The lowest BCUT2D eigenvalue weighted by molar-refractivity contribution is -0.137. The van der Waals surface area contributed by atoms with E-state index < -0.39 is 17.2 Å². The molecule has 1 aromatic carbocycles. The molecule has 1 heterocycles. The van der Waals surface area contributed by atoms with E-state index in [1.54, 1.807) is 0 Å². The molecular weight excluding hydrogens is 325 g/mol. The van der Waals surface area contributed by atoms with Gasteiger partial charge in [-0.15, -0.1) is 0 Å². The lowest BCUT2D eigenvalue weighted by atomic mass is 9.79. The third-order valence-corrected chi connectivity index (χ3v) is 4.14. The Morgan fingerprint density at radius 1 is 1.33 bits per heavy atom. The molecule has 8 heteroatoms. The van der Waals surface area contributed by atoms with Crippen LogP contribution in [0, 0.1) is 5.41 Å². The summed E-state index contributed by atoms with van der Waals surface area (Å²) >= 11 is 0. The van der Waals surface area contributed by atoms with Crippen LogP contribution in [0.15, 0.2) is 24.3 Å². The Hall–Kier alpha value is -1.80. The van der Waals surface area contributed by atoms with Crippen LogP contribution < -0.4 is 15.8 Å². The van der Waals surface area contributed by atoms with E-state index >= 15 is 0 Å². The Morgan fingerprint density at radius 3 is 2.67 bits per heavy atom. The molecule has 5 nitrogen and oxygen atoms in total. The molecule has 1 aliphatic rings. The smallest absolute Gasteiger partial charge is 0.416 e. The highest BCUT2D eigenvalue weighted by Gasteiger charge is 2.38. The van der Waals surface area contributed by atoms with Crippen molar-refractivity contribution in [1.29, 1.82) is 0 Å². The lowest BCUT2D eigenvalue weighted by Gasteiger charge is -2.34. The van der Waals surface area contributed by atoms with Gasteiger partial charge < -0.3 is 20.5 Å². The van der Waals surface area contributed by atoms with Crippen molar-refractivity contribution in [3.05, 3.63) is 29.8 Å². The molecule has 1 fully saturated rings. The van der Waals surface area contributed by atoms with Crippen LogP contribution in [0.25, 0.3) is 0 Å². The highest BCUT2D eigenvalue weighted by atomic mass is 19.4. The van der Waals surface area contributed by atoms with Gasteiger partial charge in [-0.2, -0.15) is 13.2 Å². The minimum Gasteiger partial charge on any atom is -0.492 e. The fourth-order valence-electron chi connectivity index (χ4n) is 2.57. The number of nitrogens with one attached hydrogen (secondary N) is 1. The third kappa shape index (κ3) is 4.61. The summed E-state index contributed by atoms with van der Waals surface area (Å²) in [6.07, 6.45) is -3.29. The van der Waals surface area contributed by atoms with Crippen LogP contribution in [0.5, 0.6) is 5.75 Å². The summed E-state index contributed by atoms with van der Waals surface area (Å²) < 4.78 is 48.4. The van der Waals surface area contributed by atoms with Crippen LogP contribution >= 0.6 is 0 Å². The predicted octanol–water partition coefficient (Wildman–Crippen LogP) is 1.96. The van der Waals surface area contributed by atoms with Gasteiger partial charge in [-0.05, 0) is 31.0 Å². The van der Waals surface area contributed by atoms with Crippen molar-refractivity contribution in [2.24, 2.45) is 11.1 Å². The highest BCUT2D eigenvalue weighted by molar-refractivity contribution is 5.83. The molecule has 0 radical (unpaired) electrons. The topological polar surface area (TPSA) is 73.6 Å². The summed E-state index contributed by atoms with van der Waals surface area (Å²) in [5, 5.41) is 2.74. The molecule has 0 spiro atoms. The molecule has 2 rings (SSSR count). The maximum atomic E-state index is 12.6. The minimum atomic E-state index is -4.41. The largest absolute Gasteiger partial charge is 0.492 e. The zero-order valence-corrected chi connectivity index (χ0v) is 13.2. The summed E-state index contributed by atoms with van der Waals surface area (Å²) in [6, 6.07) is 4.63. The first-order valence-electron chi connectivity index (χ1n) is 7.74. The van der Waals surface area contributed by atoms with Gasteiger partial charge in [-0.3, -0.25) is 4.79 Å². The predicted molar refractivity (Wildman–Crippen MR) is 81.5 cm³/mol. The van der Waals surface area contributed by atoms with Gasteiger partial charge in [-0.25, -0.2) is 0 Å². The van der Waals surface area contributed by atoms with E-state index in [0.717, 1.165) is 12.1 Å². The molecule has 134 valence electrons. The molecule has 0 unspecified atom stereocenters. The van der Waals surface area contributed by atoms with Crippen molar-refractivity contribution in [3.63, 3.8) is 0 Å². The van der Waals surface area contributed by atoms with Crippen LogP contribution in [0.2, 0.25) is 0 Å². The maximum Gasteiger partial charge on any atom is 0.416 e. The molecule has 1 aliphatic heterocycles. The second-order valence-corrected chi connectivity index (χ2v) is 5.73. The van der Waals surface area contributed by atoms with Crippen molar-refractivity contribution in [2.45, 2.75) is 19.0 Å². The average molecular weight is 346 g/mol. The first-order valence-corrected chi connectivity index (χ1v) is 7.74. The molecule has 0 atom stereocenters. The SMILES string of the molecule is NCC1(C(=O)NCCOc2cccc(C(F)(F)F)c2)CCOCC1. The second kappa shape index (κ2) is 7.85. The van der Waals surface area contributed by atoms with E-state index in [-0.39, 0.29) is 31.4 Å². The Bertz CT molecular complexity index is 558. The van der Waals surface area contributed by atoms with Gasteiger partial charge in [0.25, 0.3) is 0 Å².